The minimum Gasteiger partial charge on any atom is -0.379 e. The van der Waals surface area contributed by atoms with Crippen molar-refractivity contribution < 1.29 is 19.5 Å². The first-order valence-corrected chi connectivity index (χ1v) is 6.49. The highest BCUT2D eigenvalue weighted by Gasteiger charge is 2.07. The van der Waals surface area contributed by atoms with Crippen molar-refractivity contribution in [3.63, 3.8) is 0 Å². The molecule has 0 saturated carbocycles. The van der Waals surface area contributed by atoms with E-state index in [0.717, 1.165) is 6.42 Å². The number of ether oxygens (including phenoxy) is 1. The number of carbonyl (C=O) groups is 2. The van der Waals surface area contributed by atoms with Crippen LogP contribution >= 0.6 is 0 Å². The van der Waals surface area contributed by atoms with E-state index in [0.29, 0.717) is 18.7 Å². The largest absolute Gasteiger partial charge is 0.379 e. The minimum atomic E-state index is -0.609. The van der Waals surface area contributed by atoms with Gasteiger partial charge in [0, 0.05) is 24.3 Å². The lowest BCUT2D eigenvalue weighted by atomic mass is 10.1. The number of amides is 2. The van der Waals surface area contributed by atoms with E-state index in [2.05, 4.69) is 5.32 Å². The zero-order valence-corrected chi connectivity index (χ0v) is 11.7. The van der Waals surface area contributed by atoms with Gasteiger partial charge in [-0.05, 0) is 44.5 Å². The summed E-state index contributed by atoms with van der Waals surface area (Å²) in [6, 6.07) is 6.01. The molecular formula is C14H20N2O4. The maximum atomic E-state index is 11.8. The number of nitrogens with one attached hydrogen (secondary N) is 2. The molecule has 6 nitrogen and oxygen atoms in total. The van der Waals surface area contributed by atoms with Crippen LogP contribution in [0.4, 0.5) is 0 Å². The zero-order chi connectivity index (χ0) is 15.0. The van der Waals surface area contributed by atoms with Gasteiger partial charge in [-0.15, -0.1) is 0 Å². The Labute approximate surface area is 118 Å². The average Bonchev–Trinajstić information content (AvgIpc) is 2.45. The normalized spacial score (nSPS) is 10.4. The first-order chi connectivity index (χ1) is 9.54. The topological polar surface area (TPSA) is 87.7 Å². The summed E-state index contributed by atoms with van der Waals surface area (Å²) in [4.78, 5) is 22.9. The van der Waals surface area contributed by atoms with Crippen molar-refractivity contribution in [2.24, 2.45) is 0 Å². The van der Waals surface area contributed by atoms with Gasteiger partial charge in [-0.2, -0.15) is 0 Å². The van der Waals surface area contributed by atoms with Crippen LogP contribution in [-0.2, 0) is 4.74 Å². The van der Waals surface area contributed by atoms with Crippen molar-refractivity contribution in [1.82, 2.24) is 10.8 Å². The van der Waals surface area contributed by atoms with Gasteiger partial charge < -0.3 is 10.1 Å². The second kappa shape index (κ2) is 8.29. The number of carbonyl (C=O) groups excluding carboxylic acids is 2. The highest BCUT2D eigenvalue weighted by molar-refractivity contribution is 5.97. The minimum absolute atomic E-state index is 0.191. The van der Waals surface area contributed by atoms with Crippen LogP contribution in [0.25, 0.3) is 0 Å². The third kappa shape index (κ3) is 5.38. The van der Waals surface area contributed by atoms with Gasteiger partial charge in [0.05, 0.1) is 6.10 Å². The smallest absolute Gasteiger partial charge is 0.274 e. The zero-order valence-electron chi connectivity index (χ0n) is 11.7. The number of hydroxylamine groups is 1. The molecule has 0 aliphatic rings. The molecule has 110 valence electrons. The molecule has 1 aromatic rings. The number of benzene rings is 1. The molecule has 1 rings (SSSR count). The quantitative estimate of drug-likeness (QED) is 0.400. The molecule has 6 heteroatoms. The first-order valence-electron chi connectivity index (χ1n) is 6.49. The Hall–Kier alpha value is -1.92. The average molecular weight is 280 g/mol. The van der Waals surface area contributed by atoms with Gasteiger partial charge in [0.1, 0.15) is 0 Å². The summed E-state index contributed by atoms with van der Waals surface area (Å²) < 4.78 is 5.36. The van der Waals surface area contributed by atoms with E-state index in [4.69, 9.17) is 9.94 Å². The van der Waals surface area contributed by atoms with Gasteiger partial charge in [0.15, 0.2) is 0 Å². The molecule has 1 aromatic carbocycles. The van der Waals surface area contributed by atoms with E-state index in [1.54, 1.807) is 0 Å². The summed E-state index contributed by atoms with van der Waals surface area (Å²) in [7, 11) is 0. The molecular weight excluding hydrogens is 260 g/mol. The summed E-state index contributed by atoms with van der Waals surface area (Å²) in [6.45, 7) is 5.06. The lowest BCUT2D eigenvalue weighted by molar-refractivity contribution is 0.0705. The van der Waals surface area contributed by atoms with Gasteiger partial charge in [0.25, 0.3) is 11.8 Å². The number of hydrogen-bond acceptors (Lipinski definition) is 4. The SMILES string of the molecule is CC(C)OCCCNC(=O)c1ccc(C(=O)NO)cc1. The Morgan fingerprint density at radius 1 is 1.15 bits per heavy atom. The molecule has 3 N–H and O–H groups in total. The van der Waals surface area contributed by atoms with Crippen LogP contribution in [0.3, 0.4) is 0 Å². The summed E-state index contributed by atoms with van der Waals surface area (Å²) in [5.74, 6) is -0.812. The van der Waals surface area contributed by atoms with Gasteiger partial charge in [-0.1, -0.05) is 0 Å². The Morgan fingerprint density at radius 2 is 1.70 bits per heavy atom. The summed E-state index contributed by atoms with van der Waals surface area (Å²) in [6.07, 6.45) is 0.936. The van der Waals surface area contributed by atoms with Gasteiger partial charge in [-0.25, -0.2) is 5.48 Å². The molecule has 2 amide bonds. The van der Waals surface area contributed by atoms with E-state index in [1.165, 1.54) is 29.7 Å². The second-order valence-electron chi connectivity index (χ2n) is 4.55. The fourth-order valence-electron chi connectivity index (χ4n) is 1.53. The Kier molecular flexibility index (Phi) is 6.69. The van der Waals surface area contributed by atoms with Gasteiger partial charge in [-0.3, -0.25) is 14.8 Å². The van der Waals surface area contributed by atoms with Crippen LogP contribution in [0.5, 0.6) is 0 Å². The van der Waals surface area contributed by atoms with Crippen LogP contribution in [-0.4, -0.2) is 36.3 Å². The predicted octanol–water partition coefficient (Wildman–Crippen LogP) is 1.35. The molecule has 0 heterocycles. The molecule has 0 aliphatic heterocycles. The van der Waals surface area contributed by atoms with Crippen molar-refractivity contribution in [3.8, 4) is 0 Å². The van der Waals surface area contributed by atoms with Crippen LogP contribution < -0.4 is 10.8 Å². The first kappa shape index (κ1) is 16.1. The molecule has 0 radical (unpaired) electrons. The lowest BCUT2D eigenvalue weighted by Crippen LogP contribution is -2.25. The Morgan fingerprint density at radius 3 is 2.20 bits per heavy atom. The monoisotopic (exact) mass is 280 g/mol. The third-order valence-electron chi connectivity index (χ3n) is 2.57. The van der Waals surface area contributed by atoms with Gasteiger partial charge >= 0.3 is 0 Å². The molecule has 0 saturated heterocycles. The molecule has 0 bridgehead atoms. The van der Waals surface area contributed by atoms with Gasteiger partial charge in [0.2, 0.25) is 0 Å². The number of hydrogen-bond donors (Lipinski definition) is 3. The summed E-state index contributed by atoms with van der Waals surface area (Å²) >= 11 is 0. The van der Waals surface area contributed by atoms with E-state index in [9.17, 15) is 9.59 Å². The molecule has 0 fully saturated rings. The van der Waals surface area contributed by atoms with E-state index in [-0.39, 0.29) is 17.6 Å². The van der Waals surface area contributed by atoms with Crippen LogP contribution in [0, 0.1) is 0 Å². The highest BCUT2D eigenvalue weighted by Crippen LogP contribution is 2.04. The molecule has 0 aliphatic carbocycles. The van der Waals surface area contributed by atoms with Crippen molar-refractivity contribution >= 4 is 11.8 Å². The van der Waals surface area contributed by atoms with Crippen LogP contribution in [0.15, 0.2) is 24.3 Å². The fourth-order valence-corrected chi connectivity index (χ4v) is 1.53. The van der Waals surface area contributed by atoms with Crippen LogP contribution in [0.1, 0.15) is 41.0 Å². The van der Waals surface area contributed by atoms with Crippen molar-refractivity contribution in [3.05, 3.63) is 35.4 Å². The van der Waals surface area contributed by atoms with E-state index < -0.39 is 5.91 Å². The van der Waals surface area contributed by atoms with Crippen molar-refractivity contribution in [2.45, 2.75) is 26.4 Å². The maximum Gasteiger partial charge on any atom is 0.274 e. The third-order valence-corrected chi connectivity index (χ3v) is 2.57. The molecule has 0 atom stereocenters. The Bertz CT molecular complexity index is 443. The van der Waals surface area contributed by atoms with E-state index in [1.807, 2.05) is 13.8 Å². The van der Waals surface area contributed by atoms with E-state index >= 15 is 0 Å². The Balaban J connectivity index is 2.38. The molecule has 20 heavy (non-hydrogen) atoms. The maximum absolute atomic E-state index is 11.8. The number of rotatable bonds is 7. The summed E-state index contributed by atoms with van der Waals surface area (Å²) in [5, 5.41) is 11.2. The summed E-state index contributed by atoms with van der Waals surface area (Å²) in [5.41, 5.74) is 2.28. The lowest BCUT2D eigenvalue weighted by Gasteiger charge is -2.08. The predicted molar refractivity (Wildman–Crippen MR) is 73.7 cm³/mol. The second-order valence-corrected chi connectivity index (χ2v) is 4.55. The standard InChI is InChI=1S/C14H20N2O4/c1-10(2)20-9-3-8-15-13(17)11-4-6-12(7-5-11)14(18)16-19/h4-7,10,19H,3,8-9H2,1-2H3,(H,15,17)(H,16,18). The van der Waals surface area contributed by atoms with Crippen LogP contribution in [0.2, 0.25) is 0 Å². The molecule has 0 spiro atoms. The van der Waals surface area contributed by atoms with Crippen molar-refractivity contribution in [1.29, 1.82) is 0 Å². The fraction of sp³-hybridized carbons (Fsp3) is 0.429. The molecule has 0 unspecified atom stereocenters. The highest BCUT2D eigenvalue weighted by atomic mass is 16.5. The van der Waals surface area contributed by atoms with Crippen molar-refractivity contribution in [2.75, 3.05) is 13.2 Å². The molecule has 0 aromatic heterocycles.